The Bertz CT molecular complexity index is 1100. The number of amides is 2. The molecule has 154 valence electrons. The van der Waals surface area contributed by atoms with Crippen molar-refractivity contribution in [1.29, 1.82) is 0 Å². The standard InChI is InChI=1S/C19H17N5O5S/c1-9-14(18(27)28)30-19(21-9)23-17(26)12-6-13(7-12)22-16(25)11-4-2-3-10(5-11)15-20-8-29-24-15/h2-5,8,12-13H,6-7H2,1H3,(H,22,25)(H,27,28)(H,21,23,26)/t12-,13+. The van der Waals surface area contributed by atoms with Crippen LogP contribution in [0.4, 0.5) is 5.13 Å². The lowest BCUT2D eigenvalue weighted by atomic mass is 9.79. The quantitative estimate of drug-likeness (QED) is 0.543. The zero-order valence-corrected chi connectivity index (χ0v) is 16.6. The molecule has 1 aliphatic carbocycles. The van der Waals surface area contributed by atoms with E-state index in [1.807, 2.05) is 0 Å². The highest BCUT2D eigenvalue weighted by Gasteiger charge is 2.36. The van der Waals surface area contributed by atoms with E-state index in [0.29, 0.717) is 35.5 Å². The van der Waals surface area contributed by atoms with Crippen molar-refractivity contribution in [3.05, 3.63) is 46.8 Å². The van der Waals surface area contributed by atoms with Crippen molar-refractivity contribution >= 4 is 34.3 Å². The summed E-state index contributed by atoms with van der Waals surface area (Å²) in [7, 11) is 0. The van der Waals surface area contributed by atoms with Crippen molar-refractivity contribution in [2.24, 2.45) is 5.92 Å². The molecule has 0 unspecified atom stereocenters. The number of carbonyl (C=O) groups excluding carboxylic acids is 2. The number of aromatic carboxylic acids is 1. The molecule has 3 aromatic rings. The Kier molecular flexibility index (Phi) is 5.27. The fraction of sp³-hybridized carbons (Fsp3) is 0.263. The number of nitrogens with zero attached hydrogens (tertiary/aromatic N) is 3. The van der Waals surface area contributed by atoms with Gasteiger partial charge in [-0.15, -0.1) is 0 Å². The molecule has 1 aromatic carbocycles. The van der Waals surface area contributed by atoms with E-state index in [1.54, 1.807) is 31.2 Å². The van der Waals surface area contributed by atoms with Gasteiger partial charge in [-0.25, -0.2) is 9.78 Å². The van der Waals surface area contributed by atoms with Gasteiger partial charge in [0, 0.05) is 23.1 Å². The van der Waals surface area contributed by atoms with E-state index in [-0.39, 0.29) is 33.8 Å². The van der Waals surface area contributed by atoms with Gasteiger partial charge in [0.15, 0.2) is 5.13 Å². The molecule has 0 saturated heterocycles. The van der Waals surface area contributed by atoms with Gasteiger partial charge in [-0.1, -0.05) is 28.6 Å². The molecular formula is C19H17N5O5S. The Morgan fingerprint density at radius 2 is 2.07 bits per heavy atom. The molecular weight excluding hydrogens is 410 g/mol. The number of benzene rings is 1. The topological polar surface area (TPSA) is 147 Å². The number of anilines is 1. The maximum atomic E-state index is 12.5. The third-order valence-corrected chi connectivity index (χ3v) is 5.87. The van der Waals surface area contributed by atoms with Crippen molar-refractivity contribution in [3.8, 4) is 11.4 Å². The third kappa shape index (κ3) is 4.06. The summed E-state index contributed by atoms with van der Waals surface area (Å²) < 4.78 is 4.72. The number of aromatic nitrogens is 3. The Balaban J connectivity index is 1.30. The van der Waals surface area contributed by atoms with Gasteiger partial charge in [0.25, 0.3) is 5.91 Å². The van der Waals surface area contributed by atoms with Crippen molar-refractivity contribution in [2.75, 3.05) is 5.32 Å². The monoisotopic (exact) mass is 427 g/mol. The van der Waals surface area contributed by atoms with E-state index in [0.717, 1.165) is 11.3 Å². The lowest BCUT2D eigenvalue weighted by molar-refractivity contribution is -0.122. The van der Waals surface area contributed by atoms with Gasteiger partial charge < -0.3 is 20.3 Å². The van der Waals surface area contributed by atoms with Gasteiger partial charge in [0.2, 0.25) is 18.1 Å². The maximum absolute atomic E-state index is 12.5. The van der Waals surface area contributed by atoms with Crippen LogP contribution in [-0.2, 0) is 4.79 Å². The van der Waals surface area contributed by atoms with Gasteiger partial charge in [0.05, 0.1) is 5.69 Å². The van der Waals surface area contributed by atoms with Crippen LogP contribution in [0, 0.1) is 12.8 Å². The molecule has 0 radical (unpaired) electrons. The lowest BCUT2D eigenvalue weighted by Gasteiger charge is -2.34. The number of thiazole rings is 1. The van der Waals surface area contributed by atoms with Crippen LogP contribution in [0.3, 0.4) is 0 Å². The summed E-state index contributed by atoms with van der Waals surface area (Å²) in [4.78, 5) is 44.1. The average Bonchev–Trinajstić information content (AvgIpc) is 3.34. The summed E-state index contributed by atoms with van der Waals surface area (Å²) in [5, 5.41) is 18.7. The van der Waals surface area contributed by atoms with E-state index in [9.17, 15) is 14.4 Å². The SMILES string of the molecule is Cc1nc(NC(=O)[C@H]2C[C@@H](NC(=O)c3cccc(-c4ncon4)c3)C2)sc1C(=O)O. The minimum absolute atomic E-state index is 0.104. The van der Waals surface area contributed by atoms with E-state index in [4.69, 9.17) is 9.63 Å². The average molecular weight is 427 g/mol. The number of carboxylic acid groups (broad SMARTS) is 1. The largest absolute Gasteiger partial charge is 0.477 e. The third-order valence-electron chi connectivity index (χ3n) is 4.81. The van der Waals surface area contributed by atoms with Crippen molar-refractivity contribution < 1.29 is 24.0 Å². The van der Waals surface area contributed by atoms with Crippen LogP contribution >= 0.6 is 11.3 Å². The second kappa shape index (κ2) is 8.03. The van der Waals surface area contributed by atoms with Crippen LogP contribution in [0.1, 0.15) is 38.6 Å². The smallest absolute Gasteiger partial charge is 0.347 e. The predicted octanol–water partition coefficient (Wildman–Crippen LogP) is 2.35. The van der Waals surface area contributed by atoms with Crippen molar-refractivity contribution in [3.63, 3.8) is 0 Å². The number of rotatable bonds is 6. The summed E-state index contributed by atoms with van der Waals surface area (Å²) >= 11 is 0.928. The highest BCUT2D eigenvalue weighted by molar-refractivity contribution is 7.17. The summed E-state index contributed by atoms with van der Waals surface area (Å²) in [5.41, 5.74) is 1.50. The zero-order valence-electron chi connectivity index (χ0n) is 15.8. The Morgan fingerprint density at radius 3 is 2.73 bits per heavy atom. The molecule has 0 atom stereocenters. The van der Waals surface area contributed by atoms with Crippen molar-refractivity contribution in [2.45, 2.75) is 25.8 Å². The molecule has 1 saturated carbocycles. The molecule has 30 heavy (non-hydrogen) atoms. The Morgan fingerprint density at radius 1 is 1.27 bits per heavy atom. The first-order chi connectivity index (χ1) is 14.4. The summed E-state index contributed by atoms with van der Waals surface area (Å²) in [6, 6.07) is 6.76. The first-order valence-corrected chi connectivity index (χ1v) is 9.91. The molecule has 0 spiro atoms. The fourth-order valence-corrected chi connectivity index (χ4v) is 3.98. The zero-order chi connectivity index (χ0) is 21.3. The molecule has 1 fully saturated rings. The molecule has 1 aliphatic rings. The molecule has 0 aliphatic heterocycles. The fourth-order valence-electron chi connectivity index (χ4n) is 3.17. The van der Waals surface area contributed by atoms with E-state index in [2.05, 4.69) is 25.8 Å². The first kappa shape index (κ1) is 19.7. The minimum Gasteiger partial charge on any atom is -0.477 e. The van der Waals surface area contributed by atoms with E-state index < -0.39 is 5.97 Å². The number of hydrogen-bond acceptors (Lipinski definition) is 8. The molecule has 2 heterocycles. The van der Waals surface area contributed by atoms with Crippen LogP contribution in [0.2, 0.25) is 0 Å². The highest BCUT2D eigenvalue weighted by atomic mass is 32.1. The predicted molar refractivity (Wildman–Crippen MR) is 106 cm³/mol. The van der Waals surface area contributed by atoms with Gasteiger partial charge in [0.1, 0.15) is 4.88 Å². The highest BCUT2D eigenvalue weighted by Crippen LogP contribution is 2.30. The number of carboxylic acids is 1. The summed E-state index contributed by atoms with van der Waals surface area (Å²) in [5.74, 6) is -1.41. The molecule has 4 rings (SSSR count). The molecule has 3 N–H and O–H groups in total. The molecule has 11 heteroatoms. The van der Waals surface area contributed by atoms with Crippen LogP contribution < -0.4 is 10.6 Å². The second-order valence-corrected chi connectivity index (χ2v) is 7.90. The van der Waals surface area contributed by atoms with E-state index in [1.165, 1.54) is 6.39 Å². The lowest BCUT2D eigenvalue weighted by Crippen LogP contribution is -2.48. The Labute approximate surface area is 174 Å². The van der Waals surface area contributed by atoms with E-state index >= 15 is 0 Å². The number of hydrogen-bond donors (Lipinski definition) is 3. The molecule has 2 amide bonds. The van der Waals surface area contributed by atoms with Gasteiger partial charge >= 0.3 is 5.97 Å². The van der Waals surface area contributed by atoms with Crippen LogP contribution in [0.5, 0.6) is 0 Å². The first-order valence-electron chi connectivity index (χ1n) is 9.10. The molecule has 10 nitrogen and oxygen atoms in total. The second-order valence-electron chi connectivity index (χ2n) is 6.90. The van der Waals surface area contributed by atoms with Crippen LogP contribution in [-0.4, -0.2) is 44.1 Å². The maximum Gasteiger partial charge on any atom is 0.347 e. The summed E-state index contributed by atoms with van der Waals surface area (Å²) in [6.07, 6.45) is 2.22. The number of nitrogens with one attached hydrogen (secondary N) is 2. The van der Waals surface area contributed by atoms with Crippen LogP contribution in [0.15, 0.2) is 35.2 Å². The van der Waals surface area contributed by atoms with Gasteiger partial charge in [-0.05, 0) is 31.9 Å². The molecule has 2 aromatic heterocycles. The molecule has 0 bridgehead atoms. The number of aryl methyl sites for hydroxylation is 1. The minimum atomic E-state index is -1.07. The normalized spacial score (nSPS) is 17.8. The van der Waals surface area contributed by atoms with Crippen LogP contribution in [0.25, 0.3) is 11.4 Å². The Hall–Kier alpha value is -3.60. The van der Waals surface area contributed by atoms with Gasteiger partial charge in [-0.3, -0.25) is 9.59 Å². The van der Waals surface area contributed by atoms with Crippen molar-refractivity contribution in [1.82, 2.24) is 20.4 Å². The van der Waals surface area contributed by atoms with Gasteiger partial charge in [-0.2, -0.15) is 4.98 Å². The summed E-state index contributed by atoms with van der Waals surface area (Å²) in [6.45, 7) is 1.58. The number of carbonyl (C=O) groups is 3.